The number of carbonyl (C=O) groups is 1. The summed E-state index contributed by atoms with van der Waals surface area (Å²) >= 11 is 5.84. The molecule has 0 amide bonds. The molecule has 2 aromatic rings. The van der Waals surface area contributed by atoms with Gasteiger partial charge in [0.15, 0.2) is 0 Å². The van der Waals surface area contributed by atoms with E-state index in [-0.39, 0.29) is 11.1 Å². The normalized spacial score (nSPS) is 10.3. The van der Waals surface area contributed by atoms with Gasteiger partial charge < -0.3 is 9.84 Å². The Balaban J connectivity index is 2.64. The van der Waals surface area contributed by atoms with Gasteiger partial charge in [-0.3, -0.25) is 0 Å². The summed E-state index contributed by atoms with van der Waals surface area (Å²) in [5.74, 6) is -1.26. The van der Waals surface area contributed by atoms with Crippen molar-refractivity contribution >= 4 is 17.6 Å². The summed E-state index contributed by atoms with van der Waals surface area (Å²) < 4.78 is 19.0. The molecule has 2 aromatic carbocycles. The van der Waals surface area contributed by atoms with E-state index in [1.807, 2.05) is 0 Å². The monoisotopic (exact) mass is 280 g/mol. The van der Waals surface area contributed by atoms with Crippen molar-refractivity contribution < 1.29 is 19.0 Å². The zero-order valence-corrected chi connectivity index (χ0v) is 10.7. The van der Waals surface area contributed by atoms with Crippen molar-refractivity contribution in [2.45, 2.75) is 0 Å². The lowest BCUT2D eigenvalue weighted by atomic mass is 10.0. The van der Waals surface area contributed by atoms with Crippen LogP contribution in [-0.4, -0.2) is 18.2 Å². The molecule has 0 radical (unpaired) electrons. The van der Waals surface area contributed by atoms with Crippen molar-refractivity contribution in [1.29, 1.82) is 0 Å². The summed E-state index contributed by atoms with van der Waals surface area (Å²) in [6.45, 7) is 0. The molecule has 0 atom stereocenters. The molecule has 0 aliphatic rings. The minimum Gasteiger partial charge on any atom is -0.496 e. The average Bonchev–Trinajstić information content (AvgIpc) is 2.39. The van der Waals surface area contributed by atoms with E-state index in [0.29, 0.717) is 16.3 Å². The molecular weight excluding hydrogens is 271 g/mol. The number of halogens is 2. The van der Waals surface area contributed by atoms with Crippen molar-refractivity contribution in [1.82, 2.24) is 0 Å². The minimum atomic E-state index is -1.12. The van der Waals surface area contributed by atoms with Crippen molar-refractivity contribution in [3.05, 3.63) is 52.8 Å². The topological polar surface area (TPSA) is 46.5 Å². The number of hydrogen-bond acceptors (Lipinski definition) is 2. The predicted molar refractivity (Wildman–Crippen MR) is 70.4 cm³/mol. The first-order valence-electron chi connectivity index (χ1n) is 5.39. The quantitative estimate of drug-likeness (QED) is 0.929. The number of ether oxygens (including phenoxy) is 1. The van der Waals surface area contributed by atoms with E-state index in [4.69, 9.17) is 21.4 Å². The lowest BCUT2D eigenvalue weighted by molar-refractivity contribution is 0.0697. The second-order valence-electron chi connectivity index (χ2n) is 3.84. The van der Waals surface area contributed by atoms with Crippen LogP contribution in [0.25, 0.3) is 11.1 Å². The maximum absolute atomic E-state index is 13.9. The SMILES string of the molecule is COc1cc(Cl)ccc1-c1cc(C(=O)O)ccc1F. The summed E-state index contributed by atoms with van der Waals surface area (Å²) in [6, 6.07) is 8.32. The fourth-order valence-electron chi connectivity index (χ4n) is 1.75. The maximum atomic E-state index is 13.9. The highest BCUT2D eigenvalue weighted by Gasteiger charge is 2.14. The molecule has 0 bridgehead atoms. The predicted octanol–water partition coefficient (Wildman–Crippen LogP) is 3.85. The second-order valence-corrected chi connectivity index (χ2v) is 4.28. The summed E-state index contributed by atoms with van der Waals surface area (Å²) in [5, 5.41) is 9.40. The van der Waals surface area contributed by atoms with Gasteiger partial charge in [-0.15, -0.1) is 0 Å². The Kier molecular flexibility index (Phi) is 3.71. The minimum absolute atomic E-state index is 0.00778. The number of carboxylic acids is 1. The summed E-state index contributed by atoms with van der Waals surface area (Å²) in [7, 11) is 1.44. The first-order valence-corrected chi connectivity index (χ1v) is 5.77. The van der Waals surface area contributed by atoms with E-state index < -0.39 is 11.8 Å². The number of methoxy groups -OCH3 is 1. The van der Waals surface area contributed by atoms with Gasteiger partial charge in [-0.05, 0) is 36.4 Å². The number of benzene rings is 2. The molecule has 0 fully saturated rings. The highest BCUT2D eigenvalue weighted by Crippen LogP contribution is 2.34. The van der Waals surface area contributed by atoms with Crippen LogP contribution in [0.4, 0.5) is 4.39 Å². The molecule has 2 rings (SSSR count). The third kappa shape index (κ3) is 2.69. The number of rotatable bonds is 3. The molecule has 0 saturated heterocycles. The summed E-state index contributed by atoms with van der Waals surface area (Å²) in [4.78, 5) is 10.9. The molecular formula is C14H10ClFO3. The average molecular weight is 281 g/mol. The van der Waals surface area contributed by atoms with Gasteiger partial charge in [0, 0.05) is 16.1 Å². The van der Waals surface area contributed by atoms with Crippen molar-refractivity contribution in [2.75, 3.05) is 7.11 Å². The van der Waals surface area contributed by atoms with Crippen LogP contribution in [-0.2, 0) is 0 Å². The smallest absolute Gasteiger partial charge is 0.335 e. The van der Waals surface area contributed by atoms with Gasteiger partial charge >= 0.3 is 5.97 Å². The van der Waals surface area contributed by atoms with Gasteiger partial charge in [0.25, 0.3) is 0 Å². The van der Waals surface area contributed by atoms with E-state index in [1.165, 1.54) is 19.2 Å². The van der Waals surface area contributed by atoms with Gasteiger partial charge in [-0.2, -0.15) is 0 Å². The molecule has 0 unspecified atom stereocenters. The Hall–Kier alpha value is -2.07. The van der Waals surface area contributed by atoms with Crippen LogP contribution in [0.3, 0.4) is 0 Å². The molecule has 1 N–H and O–H groups in total. The molecule has 0 spiro atoms. The number of hydrogen-bond donors (Lipinski definition) is 1. The van der Waals surface area contributed by atoms with Crippen molar-refractivity contribution in [3.8, 4) is 16.9 Å². The first-order chi connectivity index (χ1) is 9.02. The van der Waals surface area contributed by atoms with Crippen LogP contribution >= 0.6 is 11.6 Å². The molecule has 0 saturated carbocycles. The van der Waals surface area contributed by atoms with Gasteiger partial charge in [-0.1, -0.05) is 11.6 Å². The zero-order valence-electron chi connectivity index (χ0n) is 9.98. The van der Waals surface area contributed by atoms with Crippen molar-refractivity contribution in [2.24, 2.45) is 0 Å². The maximum Gasteiger partial charge on any atom is 0.335 e. The lowest BCUT2D eigenvalue weighted by Gasteiger charge is -2.10. The van der Waals surface area contributed by atoms with E-state index in [0.717, 1.165) is 6.07 Å². The third-order valence-electron chi connectivity index (χ3n) is 2.67. The number of carboxylic acid groups (broad SMARTS) is 1. The van der Waals surface area contributed by atoms with Crippen LogP contribution < -0.4 is 4.74 Å². The van der Waals surface area contributed by atoms with Crippen LogP contribution in [0.15, 0.2) is 36.4 Å². The summed E-state index contributed by atoms with van der Waals surface area (Å²) in [6.07, 6.45) is 0. The van der Waals surface area contributed by atoms with E-state index >= 15 is 0 Å². The third-order valence-corrected chi connectivity index (χ3v) is 2.90. The van der Waals surface area contributed by atoms with Gasteiger partial charge in [0.1, 0.15) is 11.6 Å². The first kappa shape index (κ1) is 13.4. The van der Waals surface area contributed by atoms with Crippen LogP contribution in [0.1, 0.15) is 10.4 Å². The molecule has 0 aliphatic heterocycles. The Morgan fingerprint density at radius 1 is 1.21 bits per heavy atom. The second kappa shape index (κ2) is 5.28. The molecule has 19 heavy (non-hydrogen) atoms. The van der Waals surface area contributed by atoms with Crippen LogP contribution in [0, 0.1) is 5.82 Å². The van der Waals surface area contributed by atoms with E-state index in [2.05, 4.69) is 0 Å². The fraction of sp³-hybridized carbons (Fsp3) is 0.0714. The summed E-state index contributed by atoms with van der Waals surface area (Å²) in [5.41, 5.74) is 0.620. The number of aromatic carboxylic acids is 1. The largest absolute Gasteiger partial charge is 0.496 e. The van der Waals surface area contributed by atoms with Crippen LogP contribution in [0.5, 0.6) is 5.75 Å². The standard InChI is InChI=1S/C14H10ClFO3/c1-19-13-7-9(15)3-4-10(13)11-6-8(14(17)18)2-5-12(11)16/h2-7H,1H3,(H,17,18). The van der Waals surface area contributed by atoms with Crippen molar-refractivity contribution in [3.63, 3.8) is 0 Å². The van der Waals surface area contributed by atoms with E-state index in [1.54, 1.807) is 18.2 Å². The highest BCUT2D eigenvalue weighted by atomic mass is 35.5. The Morgan fingerprint density at radius 2 is 1.95 bits per heavy atom. The van der Waals surface area contributed by atoms with Gasteiger partial charge in [0.05, 0.1) is 12.7 Å². The van der Waals surface area contributed by atoms with Gasteiger partial charge in [-0.25, -0.2) is 9.18 Å². The molecule has 0 aromatic heterocycles. The van der Waals surface area contributed by atoms with Crippen LogP contribution in [0.2, 0.25) is 5.02 Å². The van der Waals surface area contributed by atoms with Gasteiger partial charge in [0.2, 0.25) is 0 Å². The lowest BCUT2D eigenvalue weighted by Crippen LogP contribution is -1.98. The molecule has 3 nitrogen and oxygen atoms in total. The Morgan fingerprint density at radius 3 is 2.58 bits per heavy atom. The Labute approximate surface area is 114 Å². The Bertz CT molecular complexity index is 641. The highest BCUT2D eigenvalue weighted by molar-refractivity contribution is 6.30. The molecule has 0 heterocycles. The fourth-order valence-corrected chi connectivity index (χ4v) is 1.91. The zero-order chi connectivity index (χ0) is 14.0. The molecule has 5 heteroatoms. The molecule has 98 valence electrons. The van der Waals surface area contributed by atoms with E-state index in [9.17, 15) is 9.18 Å². The molecule has 0 aliphatic carbocycles.